The first kappa shape index (κ1) is 28.7. The molecular formula is C30H22F3N3O5S2. The smallest absolute Gasteiger partial charge is 0.418 e. The van der Waals surface area contributed by atoms with E-state index in [1.807, 2.05) is 19.1 Å². The van der Waals surface area contributed by atoms with E-state index in [1.54, 1.807) is 36.4 Å². The Morgan fingerprint density at radius 1 is 1.00 bits per heavy atom. The highest BCUT2D eigenvalue weighted by atomic mass is 32.2. The lowest BCUT2D eigenvalue weighted by molar-refractivity contribution is -0.137. The van der Waals surface area contributed by atoms with Crippen molar-refractivity contribution in [3.05, 3.63) is 104 Å². The number of nitrogens with zero attached hydrogens (tertiary/aromatic N) is 1. The van der Waals surface area contributed by atoms with Crippen LogP contribution in [0, 0.1) is 12.8 Å². The van der Waals surface area contributed by atoms with Crippen LogP contribution in [-0.4, -0.2) is 34.6 Å². The number of halogens is 3. The minimum absolute atomic E-state index is 0.225. The summed E-state index contributed by atoms with van der Waals surface area (Å²) >= 11 is 2.12. The number of anilines is 2. The predicted octanol–water partition coefficient (Wildman–Crippen LogP) is 5.58. The van der Waals surface area contributed by atoms with Crippen LogP contribution in [0.25, 0.3) is 0 Å². The van der Waals surface area contributed by atoms with Gasteiger partial charge in [-0.15, -0.1) is 0 Å². The van der Waals surface area contributed by atoms with Gasteiger partial charge in [0.05, 0.1) is 27.9 Å². The number of imide groups is 1. The number of benzene rings is 3. The third-order valence-corrected chi connectivity index (χ3v) is 9.61. The molecule has 3 amide bonds. The van der Waals surface area contributed by atoms with Gasteiger partial charge in [-0.05, 0) is 48.9 Å². The van der Waals surface area contributed by atoms with Gasteiger partial charge in [0.15, 0.2) is 6.61 Å². The fraction of sp³-hybridized carbons (Fsp3) is 0.200. The summed E-state index contributed by atoms with van der Waals surface area (Å²) in [4.78, 5) is 56.5. The zero-order valence-electron chi connectivity index (χ0n) is 22.3. The normalized spacial score (nSPS) is 19.6. The molecule has 3 aromatic carbocycles. The second kappa shape index (κ2) is 11.0. The van der Waals surface area contributed by atoms with Crippen LogP contribution in [-0.2, 0) is 20.6 Å². The molecule has 4 aromatic rings. The van der Waals surface area contributed by atoms with Crippen molar-refractivity contribution in [2.24, 2.45) is 5.92 Å². The van der Waals surface area contributed by atoms with E-state index in [9.17, 15) is 32.3 Å². The molecule has 0 saturated carbocycles. The van der Waals surface area contributed by atoms with E-state index in [0.29, 0.717) is 21.2 Å². The molecule has 6 rings (SSSR count). The molecule has 3 atom stereocenters. The Morgan fingerprint density at radius 2 is 1.74 bits per heavy atom. The van der Waals surface area contributed by atoms with Crippen molar-refractivity contribution in [3.8, 4) is 5.75 Å². The second-order valence-electron chi connectivity index (χ2n) is 10.0. The number of aryl methyl sites for hydroxylation is 1. The lowest BCUT2D eigenvalue weighted by atomic mass is 9.83. The molecule has 1 saturated heterocycles. The summed E-state index contributed by atoms with van der Waals surface area (Å²) in [5.74, 6) is -2.81. The number of carbonyl (C=O) groups is 3. The summed E-state index contributed by atoms with van der Waals surface area (Å²) < 4.78 is 45.5. The molecule has 3 heterocycles. The largest absolute Gasteiger partial charge is 0.484 e. The highest BCUT2D eigenvalue weighted by Gasteiger charge is 2.56. The fourth-order valence-corrected chi connectivity index (χ4v) is 7.81. The van der Waals surface area contributed by atoms with Crippen LogP contribution in [0.5, 0.6) is 5.75 Å². The van der Waals surface area contributed by atoms with Crippen molar-refractivity contribution in [1.29, 1.82) is 0 Å². The Balaban J connectivity index is 1.27. The number of H-pyrrole nitrogens is 1. The lowest BCUT2D eigenvalue weighted by Crippen LogP contribution is -2.32. The van der Waals surface area contributed by atoms with Crippen LogP contribution >= 0.6 is 23.1 Å². The third kappa shape index (κ3) is 5.45. The topological polar surface area (TPSA) is 109 Å². The summed E-state index contributed by atoms with van der Waals surface area (Å²) in [5.41, 5.74) is 0.648. The molecule has 2 aliphatic heterocycles. The number of hydrogen-bond donors (Lipinski definition) is 2. The first-order valence-corrected chi connectivity index (χ1v) is 14.7. The summed E-state index contributed by atoms with van der Waals surface area (Å²) in [6.07, 6.45) is -4.65. The van der Waals surface area contributed by atoms with E-state index in [2.05, 4.69) is 10.3 Å². The number of aromatic nitrogens is 1. The minimum Gasteiger partial charge on any atom is -0.484 e. The molecule has 0 bridgehead atoms. The number of thiazole rings is 1. The minimum atomic E-state index is -4.65. The number of amides is 3. The van der Waals surface area contributed by atoms with Gasteiger partial charge in [0, 0.05) is 10.8 Å². The third-order valence-electron chi connectivity index (χ3n) is 7.21. The Hall–Kier alpha value is -4.36. The second-order valence-corrected chi connectivity index (χ2v) is 12.2. The van der Waals surface area contributed by atoms with Crippen LogP contribution in [0.15, 0.2) is 82.6 Å². The Kier molecular flexibility index (Phi) is 7.38. The van der Waals surface area contributed by atoms with Crippen molar-refractivity contribution in [2.45, 2.75) is 29.3 Å². The molecule has 0 spiro atoms. The van der Waals surface area contributed by atoms with Gasteiger partial charge in [0.25, 0.3) is 5.91 Å². The molecule has 2 aliphatic rings. The zero-order chi connectivity index (χ0) is 30.5. The van der Waals surface area contributed by atoms with Crippen LogP contribution in [0.2, 0.25) is 0 Å². The van der Waals surface area contributed by atoms with E-state index in [-0.39, 0.29) is 22.2 Å². The summed E-state index contributed by atoms with van der Waals surface area (Å²) in [7, 11) is 0. The van der Waals surface area contributed by atoms with Crippen molar-refractivity contribution >= 4 is 52.2 Å². The zero-order valence-corrected chi connectivity index (χ0v) is 23.9. The van der Waals surface area contributed by atoms with Crippen LogP contribution < -0.4 is 19.8 Å². The first-order valence-electron chi connectivity index (χ1n) is 13.0. The highest BCUT2D eigenvalue weighted by Crippen LogP contribution is 2.53. The van der Waals surface area contributed by atoms with E-state index < -0.39 is 47.2 Å². The summed E-state index contributed by atoms with van der Waals surface area (Å²) in [5, 5.41) is 1.97. The molecule has 220 valence electrons. The fourth-order valence-electron chi connectivity index (χ4n) is 5.30. The monoisotopic (exact) mass is 625 g/mol. The molecule has 13 heteroatoms. The molecule has 1 aromatic heterocycles. The Bertz CT molecular complexity index is 1800. The number of para-hydroxylation sites is 1. The van der Waals surface area contributed by atoms with Crippen molar-refractivity contribution in [3.63, 3.8) is 0 Å². The van der Waals surface area contributed by atoms with Crippen LogP contribution in [0.4, 0.5) is 24.5 Å². The van der Waals surface area contributed by atoms with Crippen LogP contribution in [0.1, 0.15) is 27.5 Å². The first-order chi connectivity index (χ1) is 20.5. The van der Waals surface area contributed by atoms with Gasteiger partial charge < -0.3 is 15.0 Å². The molecule has 0 aliphatic carbocycles. The van der Waals surface area contributed by atoms with Gasteiger partial charge in [0.1, 0.15) is 11.0 Å². The molecule has 8 nitrogen and oxygen atoms in total. The molecule has 2 N–H and O–H groups in total. The van der Waals surface area contributed by atoms with E-state index in [4.69, 9.17) is 4.74 Å². The average Bonchev–Trinajstić information content (AvgIpc) is 3.46. The number of alkyl halides is 3. The van der Waals surface area contributed by atoms with Crippen LogP contribution in [0.3, 0.4) is 0 Å². The molecule has 1 fully saturated rings. The van der Waals surface area contributed by atoms with Crippen molar-refractivity contribution in [1.82, 2.24) is 4.98 Å². The maximum Gasteiger partial charge on any atom is 0.418 e. The van der Waals surface area contributed by atoms with Gasteiger partial charge in [-0.25, -0.2) is 4.90 Å². The summed E-state index contributed by atoms with van der Waals surface area (Å²) in [6.45, 7) is 1.32. The predicted molar refractivity (Wildman–Crippen MR) is 156 cm³/mol. The van der Waals surface area contributed by atoms with Gasteiger partial charge in [0.2, 0.25) is 11.8 Å². The number of nitrogens with one attached hydrogen (secondary N) is 2. The number of thioether (sulfide) groups is 1. The number of carbonyl (C=O) groups excluding carboxylic acids is 3. The van der Waals surface area contributed by atoms with E-state index in [1.165, 1.54) is 17.0 Å². The number of hydrogen-bond acceptors (Lipinski definition) is 7. The number of aromatic amines is 1. The molecule has 3 unspecified atom stereocenters. The Labute approximate surface area is 250 Å². The number of rotatable bonds is 6. The maximum absolute atomic E-state index is 13.9. The van der Waals surface area contributed by atoms with Gasteiger partial charge in [-0.1, -0.05) is 65.1 Å². The Morgan fingerprint density at radius 3 is 2.49 bits per heavy atom. The maximum atomic E-state index is 13.9. The quantitative estimate of drug-likeness (QED) is 0.271. The molecule has 0 radical (unpaired) electrons. The van der Waals surface area contributed by atoms with Crippen molar-refractivity contribution in [2.75, 3.05) is 16.8 Å². The van der Waals surface area contributed by atoms with E-state index >= 15 is 0 Å². The summed E-state index contributed by atoms with van der Waals surface area (Å²) in [6, 6.07) is 18.2. The van der Waals surface area contributed by atoms with Gasteiger partial charge in [-0.2, -0.15) is 13.2 Å². The number of ether oxygens (including phenoxy) is 1. The van der Waals surface area contributed by atoms with Crippen molar-refractivity contribution < 1.29 is 32.3 Å². The standard InChI is InChI=1S/C30H22F3N3O5S2/c1-15-9-11-17(12-10-15)36-27(38)23-22(24-26(35-29(40)43-24)42-25(23)28(36)39)16-5-4-6-18(13-16)41-14-21(37)34-20-8-3-2-7-19(20)30(31,32)33/h2-13,22-23,25H,14H2,1H3,(H,34,37)(H,35,40). The SMILES string of the molecule is Cc1ccc(N2C(=O)C3Sc4[nH]c(=O)sc4C(c4cccc(OCC(=O)Nc5ccccc5C(F)(F)F)c4)C3C2=O)cc1. The van der Waals surface area contributed by atoms with Gasteiger partial charge >= 0.3 is 11.0 Å². The van der Waals surface area contributed by atoms with E-state index in [0.717, 1.165) is 40.8 Å². The molecular weight excluding hydrogens is 603 g/mol. The van der Waals surface area contributed by atoms with Gasteiger partial charge in [-0.3, -0.25) is 19.2 Å². The lowest BCUT2D eigenvalue weighted by Gasteiger charge is -2.30. The molecule has 43 heavy (non-hydrogen) atoms. The number of fused-ring (bicyclic) bond motifs is 2. The average molecular weight is 626 g/mol. The highest BCUT2D eigenvalue weighted by molar-refractivity contribution is 8.00.